The zero-order valence-electron chi connectivity index (χ0n) is 16.3. The van der Waals surface area contributed by atoms with E-state index in [-0.39, 0.29) is 23.1 Å². The number of anilines is 1. The molecule has 4 aromatic rings. The summed E-state index contributed by atoms with van der Waals surface area (Å²) in [7, 11) is -3.61. The second-order valence-electron chi connectivity index (χ2n) is 7.06. The van der Waals surface area contributed by atoms with Crippen LogP contribution in [0.1, 0.15) is 5.56 Å². The Balaban J connectivity index is 1.63. The number of para-hydroxylation sites is 1. The first-order chi connectivity index (χ1) is 14.8. The molecule has 0 saturated heterocycles. The van der Waals surface area contributed by atoms with Crippen LogP contribution in [0.25, 0.3) is 10.9 Å². The number of halogens is 2. The van der Waals surface area contributed by atoms with Crippen LogP contribution in [0.3, 0.4) is 0 Å². The average molecular weight is 473 g/mol. The number of hydrogen-bond acceptors (Lipinski definition) is 3. The van der Waals surface area contributed by atoms with Gasteiger partial charge in [0.15, 0.2) is 9.84 Å². The molecule has 158 valence electrons. The number of nitrogens with zero attached hydrogens (tertiary/aromatic N) is 1. The van der Waals surface area contributed by atoms with E-state index in [0.29, 0.717) is 32.2 Å². The van der Waals surface area contributed by atoms with Crippen LogP contribution >= 0.6 is 23.2 Å². The van der Waals surface area contributed by atoms with E-state index in [4.69, 9.17) is 23.2 Å². The molecule has 0 fully saturated rings. The van der Waals surface area contributed by atoms with Crippen LogP contribution in [0.2, 0.25) is 10.0 Å². The molecule has 1 aromatic heterocycles. The Morgan fingerprint density at radius 1 is 0.903 bits per heavy atom. The molecule has 3 aromatic carbocycles. The van der Waals surface area contributed by atoms with E-state index < -0.39 is 9.84 Å². The van der Waals surface area contributed by atoms with Gasteiger partial charge in [-0.05, 0) is 29.8 Å². The quantitative estimate of drug-likeness (QED) is 0.399. The molecule has 0 bridgehead atoms. The molecule has 5 nitrogen and oxygen atoms in total. The Hall–Kier alpha value is -2.80. The molecule has 0 aliphatic rings. The third-order valence-electron chi connectivity index (χ3n) is 4.80. The first-order valence-corrected chi connectivity index (χ1v) is 11.8. The molecule has 1 N–H and O–H groups in total. The van der Waals surface area contributed by atoms with Crippen molar-refractivity contribution in [3.05, 3.63) is 94.6 Å². The Bertz CT molecular complexity index is 1370. The zero-order valence-corrected chi connectivity index (χ0v) is 18.6. The lowest BCUT2D eigenvalue weighted by atomic mass is 10.2. The maximum Gasteiger partial charge on any atom is 0.244 e. The summed E-state index contributed by atoms with van der Waals surface area (Å²) in [4.78, 5) is 12.8. The number of carbonyl (C=O) groups is 1. The van der Waals surface area contributed by atoms with Gasteiger partial charge in [-0.15, -0.1) is 0 Å². The standard InChI is InChI=1S/C23H18Cl2N2O3S/c24-19-11-10-17(12-20(19)25)26-23(28)14-27-13-22(18-8-4-5-9-21(18)27)31(29,30)15-16-6-2-1-3-7-16/h1-13H,14-15H2,(H,26,28). The van der Waals surface area contributed by atoms with E-state index in [0.717, 1.165) is 0 Å². The monoisotopic (exact) mass is 472 g/mol. The van der Waals surface area contributed by atoms with Crippen molar-refractivity contribution >= 4 is 55.5 Å². The van der Waals surface area contributed by atoms with E-state index in [1.54, 1.807) is 53.1 Å². The SMILES string of the molecule is O=C(Cn1cc(S(=O)(=O)Cc2ccccc2)c2ccccc21)Nc1ccc(Cl)c(Cl)c1. The maximum atomic E-state index is 13.1. The zero-order chi connectivity index (χ0) is 22.0. The van der Waals surface area contributed by atoms with Gasteiger partial charge >= 0.3 is 0 Å². The Labute approximate surface area is 190 Å². The molecule has 0 aliphatic heterocycles. The summed E-state index contributed by atoms with van der Waals surface area (Å²) in [6.07, 6.45) is 1.53. The highest BCUT2D eigenvalue weighted by Gasteiger charge is 2.22. The minimum absolute atomic E-state index is 0.0540. The minimum Gasteiger partial charge on any atom is -0.337 e. The van der Waals surface area contributed by atoms with Gasteiger partial charge in [-0.1, -0.05) is 71.7 Å². The maximum absolute atomic E-state index is 13.1. The molecule has 31 heavy (non-hydrogen) atoms. The lowest BCUT2D eigenvalue weighted by molar-refractivity contribution is -0.116. The van der Waals surface area contributed by atoms with Gasteiger partial charge in [-0.3, -0.25) is 4.79 Å². The minimum atomic E-state index is -3.61. The van der Waals surface area contributed by atoms with Gasteiger partial charge < -0.3 is 9.88 Å². The van der Waals surface area contributed by atoms with E-state index in [1.165, 1.54) is 6.20 Å². The van der Waals surface area contributed by atoms with E-state index in [1.807, 2.05) is 24.3 Å². The van der Waals surface area contributed by atoms with Crippen molar-refractivity contribution in [3.8, 4) is 0 Å². The van der Waals surface area contributed by atoms with Crippen molar-refractivity contribution in [3.63, 3.8) is 0 Å². The molecule has 1 amide bonds. The van der Waals surface area contributed by atoms with Crippen LogP contribution in [0, 0.1) is 0 Å². The molecule has 0 unspecified atom stereocenters. The van der Waals surface area contributed by atoms with E-state index >= 15 is 0 Å². The molecule has 0 saturated carbocycles. The lowest BCUT2D eigenvalue weighted by Crippen LogP contribution is -2.18. The predicted molar refractivity (Wildman–Crippen MR) is 124 cm³/mol. The average Bonchev–Trinajstić information content (AvgIpc) is 3.11. The van der Waals surface area contributed by atoms with Crippen molar-refractivity contribution in [2.75, 3.05) is 5.32 Å². The van der Waals surface area contributed by atoms with Crippen LogP contribution in [-0.4, -0.2) is 18.9 Å². The van der Waals surface area contributed by atoms with Crippen molar-refractivity contribution in [1.29, 1.82) is 0 Å². The summed E-state index contributed by atoms with van der Waals surface area (Å²) < 4.78 is 27.9. The molecule has 1 heterocycles. The van der Waals surface area contributed by atoms with E-state index in [2.05, 4.69) is 5.32 Å². The molecule has 8 heteroatoms. The van der Waals surface area contributed by atoms with Crippen LogP contribution in [0.15, 0.2) is 83.9 Å². The van der Waals surface area contributed by atoms with Gasteiger partial charge in [0, 0.05) is 22.8 Å². The van der Waals surface area contributed by atoms with Gasteiger partial charge in [-0.25, -0.2) is 8.42 Å². The molecule has 0 radical (unpaired) electrons. The number of sulfone groups is 1. The number of benzene rings is 3. The van der Waals surface area contributed by atoms with Crippen LogP contribution in [0.4, 0.5) is 5.69 Å². The summed E-state index contributed by atoms with van der Waals surface area (Å²) in [6, 6.07) is 21.0. The smallest absolute Gasteiger partial charge is 0.244 e. The molecule has 0 spiro atoms. The van der Waals surface area contributed by atoms with Gasteiger partial charge in [0.05, 0.1) is 20.7 Å². The number of hydrogen-bond donors (Lipinski definition) is 1. The number of nitrogens with one attached hydrogen (secondary N) is 1. The van der Waals surface area contributed by atoms with Gasteiger partial charge in [0.2, 0.25) is 5.91 Å². The van der Waals surface area contributed by atoms with Gasteiger partial charge in [0.25, 0.3) is 0 Å². The summed E-state index contributed by atoms with van der Waals surface area (Å²) in [5.41, 5.74) is 1.88. The molecular weight excluding hydrogens is 455 g/mol. The van der Waals surface area contributed by atoms with Crippen LogP contribution in [-0.2, 0) is 26.9 Å². The normalized spacial score (nSPS) is 11.5. The molecular formula is C23H18Cl2N2O3S. The Morgan fingerprint density at radius 2 is 1.61 bits per heavy atom. The second kappa shape index (κ2) is 8.75. The third kappa shape index (κ3) is 4.77. The van der Waals surface area contributed by atoms with Crippen LogP contribution in [0.5, 0.6) is 0 Å². The lowest BCUT2D eigenvalue weighted by Gasteiger charge is -2.08. The third-order valence-corrected chi connectivity index (χ3v) is 7.25. The van der Waals surface area contributed by atoms with Crippen molar-refractivity contribution < 1.29 is 13.2 Å². The van der Waals surface area contributed by atoms with Gasteiger partial charge in [0.1, 0.15) is 6.54 Å². The summed E-state index contributed by atoms with van der Waals surface area (Å²) >= 11 is 11.9. The molecule has 0 atom stereocenters. The summed E-state index contributed by atoms with van der Waals surface area (Å²) in [5, 5.41) is 4.07. The van der Waals surface area contributed by atoms with E-state index in [9.17, 15) is 13.2 Å². The summed E-state index contributed by atoms with van der Waals surface area (Å²) in [6.45, 7) is -0.0540. The van der Waals surface area contributed by atoms with Crippen molar-refractivity contribution in [2.45, 2.75) is 17.2 Å². The predicted octanol–water partition coefficient (Wildman–Crippen LogP) is 5.56. The van der Waals surface area contributed by atoms with Crippen molar-refractivity contribution in [1.82, 2.24) is 4.57 Å². The number of amides is 1. The highest BCUT2D eigenvalue weighted by atomic mass is 35.5. The van der Waals surface area contributed by atoms with Crippen LogP contribution < -0.4 is 5.32 Å². The molecule has 4 rings (SSSR count). The fourth-order valence-corrected chi connectivity index (χ4v) is 5.27. The summed E-state index contributed by atoms with van der Waals surface area (Å²) in [5.74, 6) is -0.428. The highest BCUT2D eigenvalue weighted by Crippen LogP contribution is 2.29. The number of carbonyl (C=O) groups excluding carboxylic acids is 1. The first-order valence-electron chi connectivity index (χ1n) is 9.43. The fourth-order valence-electron chi connectivity index (χ4n) is 3.39. The van der Waals surface area contributed by atoms with Gasteiger partial charge in [-0.2, -0.15) is 0 Å². The fraction of sp³-hybridized carbons (Fsp3) is 0.0870. The van der Waals surface area contributed by atoms with Crippen molar-refractivity contribution in [2.24, 2.45) is 0 Å². The second-order valence-corrected chi connectivity index (χ2v) is 9.83. The largest absolute Gasteiger partial charge is 0.337 e. The number of aromatic nitrogens is 1. The highest BCUT2D eigenvalue weighted by molar-refractivity contribution is 7.90. The molecule has 0 aliphatic carbocycles. The number of fused-ring (bicyclic) bond motifs is 1. The topological polar surface area (TPSA) is 68.2 Å². The first kappa shape index (κ1) is 21.4. The number of rotatable bonds is 6. The Morgan fingerprint density at radius 3 is 2.35 bits per heavy atom. The Kier molecular flexibility index (Phi) is 6.05.